The van der Waals surface area contributed by atoms with Crippen LogP contribution in [0, 0.1) is 5.82 Å². The van der Waals surface area contributed by atoms with Gasteiger partial charge in [-0.1, -0.05) is 24.3 Å². The molecule has 0 unspecified atom stereocenters. The van der Waals surface area contributed by atoms with Crippen molar-refractivity contribution in [3.05, 3.63) is 113 Å². The molecule has 3 aromatic carbocycles. The van der Waals surface area contributed by atoms with Crippen molar-refractivity contribution in [3.8, 4) is 22.3 Å². The SMILES string of the molecule is O=C(NCc1cc2cc(-c3ccc(C(=O)N4CCC(F)(F)CC4)cc3)cc(-c3ccc(F)cc3)c2s1)N1Cc2ccncc2C1. The Bertz CT molecular complexity index is 1870. The average molecular weight is 627 g/mol. The summed E-state index contributed by atoms with van der Waals surface area (Å²) in [6, 6.07) is 21.5. The van der Waals surface area contributed by atoms with Gasteiger partial charge in [-0.3, -0.25) is 9.78 Å². The zero-order valence-corrected chi connectivity index (χ0v) is 25.0. The third-order valence-electron chi connectivity index (χ3n) is 8.50. The van der Waals surface area contributed by atoms with Crippen molar-refractivity contribution in [2.24, 2.45) is 0 Å². The maximum Gasteiger partial charge on any atom is 0.318 e. The lowest BCUT2D eigenvalue weighted by atomic mass is 9.96. The van der Waals surface area contributed by atoms with E-state index in [9.17, 15) is 22.8 Å². The molecule has 3 amide bonds. The summed E-state index contributed by atoms with van der Waals surface area (Å²) in [5.74, 6) is -3.29. The van der Waals surface area contributed by atoms with Gasteiger partial charge in [0.05, 0.1) is 6.54 Å². The Morgan fingerprint density at radius 3 is 2.29 bits per heavy atom. The Balaban J connectivity index is 1.14. The molecule has 228 valence electrons. The number of likely N-dealkylation sites (tertiary alicyclic amines) is 1. The lowest BCUT2D eigenvalue weighted by Crippen LogP contribution is -2.42. The summed E-state index contributed by atoms with van der Waals surface area (Å²) in [5.41, 5.74) is 6.20. The van der Waals surface area contributed by atoms with Crippen LogP contribution in [0.2, 0.25) is 0 Å². The van der Waals surface area contributed by atoms with Gasteiger partial charge in [0.15, 0.2) is 0 Å². The topological polar surface area (TPSA) is 65.5 Å². The third-order valence-corrected chi connectivity index (χ3v) is 9.68. The number of nitrogens with one attached hydrogen (secondary N) is 1. The van der Waals surface area contributed by atoms with Gasteiger partial charge in [0.1, 0.15) is 5.82 Å². The molecule has 4 heterocycles. The van der Waals surface area contributed by atoms with Crippen LogP contribution in [0.1, 0.15) is 39.2 Å². The van der Waals surface area contributed by atoms with E-state index in [0.717, 1.165) is 48.3 Å². The summed E-state index contributed by atoms with van der Waals surface area (Å²) in [5, 5.41) is 4.03. The van der Waals surface area contributed by atoms with Crippen molar-refractivity contribution in [1.29, 1.82) is 0 Å². The number of carbonyl (C=O) groups excluding carboxylic acids is 2. The van der Waals surface area contributed by atoms with Gasteiger partial charge in [-0.25, -0.2) is 18.0 Å². The van der Waals surface area contributed by atoms with Crippen LogP contribution in [0.4, 0.5) is 18.0 Å². The van der Waals surface area contributed by atoms with E-state index in [4.69, 9.17) is 0 Å². The van der Waals surface area contributed by atoms with Crippen LogP contribution in [0.5, 0.6) is 0 Å². The smallest absolute Gasteiger partial charge is 0.318 e. The van der Waals surface area contributed by atoms with Gasteiger partial charge in [0, 0.05) is 72.1 Å². The van der Waals surface area contributed by atoms with Crippen molar-refractivity contribution < 1.29 is 22.8 Å². The normalized spacial score (nSPS) is 15.7. The number of rotatable bonds is 5. The van der Waals surface area contributed by atoms with Gasteiger partial charge in [-0.2, -0.15) is 0 Å². The number of carbonyl (C=O) groups is 2. The minimum atomic E-state index is -2.72. The Morgan fingerprint density at radius 1 is 0.844 bits per heavy atom. The van der Waals surface area contributed by atoms with Crippen LogP contribution in [0.25, 0.3) is 32.3 Å². The van der Waals surface area contributed by atoms with Crippen molar-refractivity contribution in [1.82, 2.24) is 20.1 Å². The van der Waals surface area contributed by atoms with E-state index in [1.807, 2.05) is 24.3 Å². The van der Waals surface area contributed by atoms with Gasteiger partial charge >= 0.3 is 6.03 Å². The molecular formula is C35H29F3N4O2S. The van der Waals surface area contributed by atoms with E-state index in [2.05, 4.69) is 22.4 Å². The first-order chi connectivity index (χ1) is 21.7. The molecule has 1 N–H and O–H groups in total. The number of hydrogen-bond donors (Lipinski definition) is 1. The number of nitrogens with zero attached hydrogens (tertiary/aromatic N) is 3. The molecule has 0 saturated carbocycles. The number of alkyl halides is 2. The Morgan fingerprint density at radius 2 is 1.56 bits per heavy atom. The molecular weight excluding hydrogens is 597 g/mol. The fraction of sp³-hybridized carbons (Fsp3) is 0.229. The number of piperidine rings is 1. The molecule has 0 aliphatic carbocycles. The molecule has 1 fully saturated rings. The van der Waals surface area contributed by atoms with Gasteiger partial charge in [0.2, 0.25) is 0 Å². The number of aromatic nitrogens is 1. The number of pyridine rings is 1. The second kappa shape index (κ2) is 11.7. The van der Waals surface area contributed by atoms with Crippen molar-refractivity contribution >= 4 is 33.4 Å². The van der Waals surface area contributed by atoms with Crippen LogP contribution in [-0.4, -0.2) is 45.7 Å². The highest BCUT2D eigenvalue weighted by Gasteiger charge is 2.35. The summed E-state index contributed by atoms with van der Waals surface area (Å²) in [7, 11) is 0. The lowest BCUT2D eigenvalue weighted by molar-refractivity contribution is -0.0494. The molecule has 2 aromatic heterocycles. The first kappa shape index (κ1) is 29.0. The second-order valence-corrected chi connectivity index (χ2v) is 12.7. The number of thiophene rings is 1. The number of hydrogen-bond acceptors (Lipinski definition) is 4. The first-order valence-electron chi connectivity index (χ1n) is 14.8. The molecule has 10 heteroatoms. The van der Waals surface area contributed by atoms with E-state index in [-0.39, 0.29) is 43.7 Å². The Labute approximate surface area is 262 Å². The van der Waals surface area contributed by atoms with Gasteiger partial charge in [-0.15, -0.1) is 11.3 Å². The molecule has 1 saturated heterocycles. The number of amides is 3. The average Bonchev–Trinajstić information content (AvgIpc) is 3.68. The zero-order valence-electron chi connectivity index (χ0n) is 24.2. The van der Waals surface area contributed by atoms with E-state index in [0.29, 0.717) is 25.2 Å². The van der Waals surface area contributed by atoms with Crippen LogP contribution in [0.3, 0.4) is 0 Å². The quantitative estimate of drug-likeness (QED) is 0.216. The monoisotopic (exact) mass is 626 g/mol. The van der Waals surface area contributed by atoms with Crippen LogP contribution < -0.4 is 5.32 Å². The molecule has 6 nitrogen and oxygen atoms in total. The van der Waals surface area contributed by atoms with Crippen molar-refractivity contribution in [3.63, 3.8) is 0 Å². The van der Waals surface area contributed by atoms with E-state index >= 15 is 0 Å². The maximum atomic E-state index is 13.8. The fourth-order valence-electron chi connectivity index (χ4n) is 5.97. The van der Waals surface area contributed by atoms with Crippen LogP contribution in [-0.2, 0) is 19.6 Å². The molecule has 5 aromatic rings. The summed E-state index contributed by atoms with van der Waals surface area (Å²) in [6.45, 7) is 1.51. The number of halogens is 3. The Hall–Kier alpha value is -4.70. The highest BCUT2D eigenvalue weighted by atomic mass is 32.1. The molecule has 0 bridgehead atoms. The minimum absolute atomic E-state index is 0.0371. The molecule has 0 spiro atoms. The number of fused-ring (bicyclic) bond motifs is 2. The third kappa shape index (κ3) is 6.02. The van der Waals surface area contributed by atoms with Crippen LogP contribution in [0.15, 0.2) is 85.2 Å². The van der Waals surface area contributed by atoms with Crippen LogP contribution >= 0.6 is 11.3 Å². The highest BCUT2D eigenvalue weighted by Crippen LogP contribution is 2.39. The standard InChI is InChI=1S/C35H29F3N4O2S/c36-29-7-5-23(6-8-29)31-17-26(22-1-3-24(4-2-22)33(43)41-13-10-35(37,38)11-14-41)15-27-16-30(45-32(27)31)19-40-34(44)42-20-25-9-12-39-18-28(25)21-42/h1-9,12,15-18H,10-11,13-14,19-21H2,(H,40,44). The number of urea groups is 1. The molecule has 2 aliphatic heterocycles. The van der Waals surface area contributed by atoms with E-state index < -0.39 is 5.92 Å². The highest BCUT2D eigenvalue weighted by molar-refractivity contribution is 7.19. The van der Waals surface area contributed by atoms with Gasteiger partial charge in [-0.05, 0) is 81.7 Å². The number of benzene rings is 3. The zero-order chi connectivity index (χ0) is 31.1. The summed E-state index contributed by atoms with van der Waals surface area (Å²) >= 11 is 1.58. The van der Waals surface area contributed by atoms with E-state index in [1.54, 1.807) is 52.9 Å². The first-order valence-corrected chi connectivity index (χ1v) is 15.6. The molecule has 0 atom stereocenters. The predicted molar refractivity (Wildman–Crippen MR) is 168 cm³/mol. The molecule has 45 heavy (non-hydrogen) atoms. The minimum Gasteiger partial charge on any atom is -0.338 e. The molecule has 0 radical (unpaired) electrons. The predicted octanol–water partition coefficient (Wildman–Crippen LogP) is 7.87. The Kier molecular flexibility index (Phi) is 7.53. The largest absolute Gasteiger partial charge is 0.338 e. The lowest BCUT2D eigenvalue weighted by Gasteiger charge is -2.31. The van der Waals surface area contributed by atoms with Gasteiger partial charge in [0.25, 0.3) is 11.8 Å². The van der Waals surface area contributed by atoms with E-state index in [1.165, 1.54) is 17.0 Å². The molecule has 2 aliphatic rings. The van der Waals surface area contributed by atoms with Crippen molar-refractivity contribution in [2.75, 3.05) is 13.1 Å². The summed E-state index contributed by atoms with van der Waals surface area (Å²) in [4.78, 5) is 34.3. The van der Waals surface area contributed by atoms with Gasteiger partial charge < -0.3 is 15.1 Å². The fourth-order valence-corrected chi connectivity index (χ4v) is 7.08. The summed E-state index contributed by atoms with van der Waals surface area (Å²) < 4.78 is 42.0. The maximum absolute atomic E-state index is 13.8. The summed E-state index contributed by atoms with van der Waals surface area (Å²) in [6.07, 6.45) is 2.89. The second-order valence-electron chi connectivity index (χ2n) is 11.5. The van der Waals surface area contributed by atoms with Crippen molar-refractivity contribution in [2.45, 2.75) is 38.4 Å². The molecule has 7 rings (SSSR count).